The van der Waals surface area contributed by atoms with E-state index in [4.69, 9.17) is 11.6 Å². The molecule has 0 spiro atoms. The molecule has 14 heavy (non-hydrogen) atoms. The van der Waals surface area contributed by atoms with Crippen molar-refractivity contribution >= 4 is 32.7 Å². The fourth-order valence-electron chi connectivity index (χ4n) is 1.14. The lowest BCUT2D eigenvalue weighted by molar-refractivity contribution is 0.595. The van der Waals surface area contributed by atoms with E-state index in [9.17, 15) is 8.42 Å². The van der Waals surface area contributed by atoms with Gasteiger partial charge >= 0.3 is 0 Å². The third-order valence-electron chi connectivity index (χ3n) is 1.72. The largest absolute Gasteiger partial charge is 0.237 e. The van der Waals surface area contributed by atoms with Crippen LogP contribution in [0.1, 0.15) is 0 Å². The van der Waals surface area contributed by atoms with E-state index in [-0.39, 0.29) is 5.28 Å². The number of halogens is 1. The van der Waals surface area contributed by atoms with Gasteiger partial charge in [0.1, 0.15) is 0 Å². The molecule has 0 amide bonds. The predicted octanol–water partition coefficient (Wildman–Crippen LogP) is 0.892. The fourth-order valence-corrected chi connectivity index (χ4v) is 2.01. The van der Waals surface area contributed by atoms with Crippen molar-refractivity contribution in [2.45, 2.75) is 0 Å². The lowest BCUT2D eigenvalue weighted by Gasteiger charge is -1.99. The molecule has 2 aromatic rings. The van der Waals surface area contributed by atoms with E-state index in [0.717, 1.165) is 10.2 Å². The van der Waals surface area contributed by atoms with Crippen LogP contribution in [0.2, 0.25) is 5.28 Å². The zero-order valence-electron chi connectivity index (χ0n) is 7.18. The van der Waals surface area contributed by atoms with Gasteiger partial charge in [-0.3, -0.25) is 0 Å². The third-order valence-corrected chi connectivity index (χ3v) is 2.91. The molecule has 0 aliphatic rings. The van der Waals surface area contributed by atoms with Crippen LogP contribution in [0.3, 0.4) is 0 Å². The third kappa shape index (κ3) is 1.46. The van der Waals surface area contributed by atoms with Gasteiger partial charge in [-0.2, -0.15) is 4.98 Å². The van der Waals surface area contributed by atoms with E-state index < -0.39 is 10.0 Å². The van der Waals surface area contributed by atoms with Gasteiger partial charge in [0.15, 0.2) is 5.65 Å². The smallest absolute Gasteiger partial charge is 0.228 e. The lowest BCUT2D eigenvalue weighted by Crippen LogP contribution is -2.09. The van der Waals surface area contributed by atoms with Crippen molar-refractivity contribution in [3.63, 3.8) is 0 Å². The van der Waals surface area contributed by atoms with Crippen molar-refractivity contribution in [3.05, 3.63) is 23.7 Å². The fraction of sp³-hybridized carbons (Fsp3) is 0.143. The summed E-state index contributed by atoms with van der Waals surface area (Å²) in [6.45, 7) is 0. The Morgan fingerprint density at radius 1 is 1.50 bits per heavy atom. The standard InChI is InChI=1S/C7H6ClN3O2S/c1-14(12,13)11-3-2-5-4-9-7(8)10-6(5)11/h2-4H,1H3. The number of fused-ring (bicyclic) bond motifs is 1. The normalized spacial score (nSPS) is 12.1. The van der Waals surface area contributed by atoms with Gasteiger partial charge in [0, 0.05) is 17.8 Å². The molecule has 2 aromatic heterocycles. The maximum absolute atomic E-state index is 11.3. The van der Waals surface area contributed by atoms with Crippen LogP contribution in [0, 0.1) is 0 Å². The van der Waals surface area contributed by atoms with Crippen LogP contribution in [0.15, 0.2) is 18.5 Å². The first-order chi connectivity index (χ1) is 6.48. The molecule has 0 unspecified atom stereocenters. The number of nitrogens with zero attached hydrogens (tertiary/aromatic N) is 3. The van der Waals surface area contributed by atoms with Crippen LogP contribution in [-0.4, -0.2) is 28.6 Å². The van der Waals surface area contributed by atoms with Gasteiger partial charge in [-0.1, -0.05) is 0 Å². The molecular formula is C7H6ClN3O2S. The maximum atomic E-state index is 11.3. The van der Waals surface area contributed by atoms with E-state index in [1.807, 2.05) is 0 Å². The highest BCUT2D eigenvalue weighted by molar-refractivity contribution is 7.89. The molecule has 7 heteroatoms. The molecule has 0 N–H and O–H groups in total. The van der Waals surface area contributed by atoms with E-state index in [2.05, 4.69) is 9.97 Å². The molecule has 74 valence electrons. The first-order valence-corrected chi connectivity index (χ1v) is 5.91. The summed E-state index contributed by atoms with van der Waals surface area (Å²) in [4.78, 5) is 7.59. The minimum atomic E-state index is -3.34. The topological polar surface area (TPSA) is 64.8 Å². The average Bonchev–Trinajstić information content (AvgIpc) is 2.45. The summed E-state index contributed by atoms with van der Waals surface area (Å²) in [6.07, 6.45) is 4.00. The number of aromatic nitrogens is 3. The van der Waals surface area contributed by atoms with Gasteiger partial charge in [0.05, 0.1) is 6.26 Å². The second-order valence-corrected chi connectivity index (χ2v) is 4.99. The second kappa shape index (κ2) is 2.93. The second-order valence-electron chi connectivity index (χ2n) is 2.79. The molecule has 2 rings (SSSR count). The Morgan fingerprint density at radius 2 is 2.21 bits per heavy atom. The minimum Gasteiger partial charge on any atom is -0.228 e. The van der Waals surface area contributed by atoms with Crippen molar-refractivity contribution < 1.29 is 8.42 Å². The average molecular weight is 232 g/mol. The quantitative estimate of drug-likeness (QED) is 0.684. The van der Waals surface area contributed by atoms with Crippen molar-refractivity contribution in [1.82, 2.24) is 13.9 Å². The van der Waals surface area contributed by atoms with Crippen molar-refractivity contribution in [1.29, 1.82) is 0 Å². The Labute approximate surface area is 85.4 Å². The predicted molar refractivity (Wildman–Crippen MR) is 52.8 cm³/mol. The van der Waals surface area contributed by atoms with Crippen LogP contribution in [0.25, 0.3) is 11.0 Å². The molecule has 0 radical (unpaired) electrons. The van der Waals surface area contributed by atoms with E-state index in [1.165, 1.54) is 12.4 Å². The van der Waals surface area contributed by atoms with Gasteiger partial charge in [-0.25, -0.2) is 17.4 Å². The van der Waals surface area contributed by atoms with Crippen LogP contribution < -0.4 is 0 Å². The Hall–Kier alpha value is -1.14. The van der Waals surface area contributed by atoms with Crippen molar-refractivity contribution in [3.8, 4) is 0 Å². The molecular weight excluding hydrogens is 226 g/mol. The van der Waals surface area contributed by atoms with Crippen LogP contribution in [0.4, 0.5) is 0 Å². The van der Waals surface area contributed by atoms with Crippen molar-refractivity contribution in [2.75, 3.05) is 6.26 Å². The molecule has 0 bridgehead atoms. The molecule has 0 aliphatic carbocycles. The van der Waals surface area contributed by atoms with Gasteiger partial charge in [-0.15, -0.1) is 0 Å². The Morgan fingerprint density at radius 3 is 2.86 bits per heavy atom. The Bertz CT molecular complexity index is 590. The summed E-state index contributed by atoms with van der Waals surface area (Å²) in [7, 11) is -3.34. The molecule has 0 aromatic carbocycles. The summed E-state index contributed by atoms with van der Waals surface area (Å²) in [5.41, 5.74) is 0.299. The zero-order chi connectivity index (χ0) is 10.3. The molecule has 0 atom stereocenters. The maximum Gasteiger partial charge on any atom is 0.237 e. The molecule has 0 saturated heterocycles. The van der Waals surface area contributed by atoms with Crippen LogP contribution in [-0.2, 0) is 10.0 Å². The first-order valence-electron chi connectivity index (χ1n) is 3.68. The van der Waals surface area contributed by atoms with Gasteiger partial charge in [0.25, 0.3) is 0 Å². The molecule has 0 aliphatic heterocycles. The minimum absolute atomic E-state index is 0.0288. The summed E-state index contributed by atoms with van der Waals surface area (Å²) < 4.78 is 23.6. The van der Waals surface area contributed by atoms with E-state index in [0.29, 0.717) is 11.0 Å². The van der Waals surface area contributed by atoms with Gasteiger partial charge in [0.2, 0.25) is 15.3 Å². The Balaban J connectivity index is 2.87. The van der Waals surface area contributed by atoms with Crippen LogP contribution >= 0.6 is 11.6 Å². The highest BCUT2D eigenvalue weighted by Crippen LogP contribution is 2.15. The molecule has 2 heterocycles. The Kier molecular flexibility index (Phi) is 1.97. The number of hydrogen-bond acceptors (Lipinski definition) is 4. The van der Waals surface area contributed by atoms with E-state index in [1.54, 1.807) is 6.07 Å². The lowest BCUT2D eigenvalue weighted by atomic mass is 10.4. The highest BCUT2D eigenvalue weighted by atomic mass is 35.5. The van der Waals surface area contributed by atoms with Gasteiger partial charge < -0.3 is 0 Å². The van der Waals surface area contributed by atoms with E-state index >= 15 is 0 Å². The summed E-state index contributed by atoms with van der Waals surface area (Å²) >= 11 is 5.57. The highest BCUT2D eigenvalue weighted by Gasteiger charge is 2.11. The molecule has 0 saturated carbocycles. The summed E-state index contributed by atoms with van der Waals surface area (Å²) in [5.74, 6) is 0. The summed E-state index contributed by atoms with van der Waals surface area (Å²) in [6, 6.07) is 1.62. The monoisotopic (exact) mass is 231 g/mol. The van der Waals surface area contributed by atoms with Crippen LogP contribution in [0.5, 0.6) is 0 Å². The molecule has 0 fully saturated rings. The SMILES string of the molecule is CS(=O)(=O)n1ccc2cnc(Cl)nc21. The zero-order valence-corrected chi connectivity index (χ0v) is 8.75. The molecule has 5 nitrogen and oxygen atoms in total. The van der Waals surface area contributed by atoms with Crippen molar-refractivity contribution in [2.24, 2.45) is 0 Å². The number of rotatable bonds is 1. The first kappa shape index (κ1) is 9.42. The number of hydrogen-bond donors (Lipinski definition) is 0. The van der Waals surface area contributed by atoms with Gasteiger partial charge in [-0.05, 0) is 17.7 Å². The summed E-state index contributed by atoms with van der Waals surface area (Å²) in [5, 5.41) is 0.668.